The van der Waals surface area contributed by atoms with Gasteiger partial charge in [-0.2, -0.15) is 5.23 Å². The molecule has 2 fully saturated rings. The Labute approximate surface area is 192 Å². The van der Waals surface area contributed by atoms with Gasteiger partial charge >= 0.3 is 5.97 Å². The highest BCUT2D eigenvalue weighted by Crippen LogP contribution is 2.36. The number of carbonyl (C=O) groups excluding carboxylic acids is 1. The number of quaternary nitrogens is 1. The minimum absolute atomic E-state index is 0.00516. The third kappa shape index (κ3) is 5.21. The van der Waals surface area contributed by atoms with E-state index in [0.717, 1.165) is 0 Å². The van der Waals surface area contributed by atoms with Crippen LogP contribution in [0.3, 0.4) is 0 Å². The number of ether oxygens (including phenoxy) is 4. The van der Waals surface area contributed by atoms with Crippen molar-refractivity contribution in [3.8, 4) is 0 Å². The maximum atomic E-state index is 12.2. The zero-order valence-corrected chi connectivity index (χ0v) is 17.6. The molecule has 2 aliphatic rings. The highest BCUT2D eigenvalue weighted by Gasteiger charge is 2.58. The van der Waals surface area contributed by atoms with E-state index in [9.17, 15) is 45.7 Å². The molecule has 0 aromatic heterocycles. The summed E-state index contributed by atoms with van der Waals surface area (Å²) in [4.78, 5) is 12.2. The number of benzene rings is 1. The number of aliphatic hydroxyl groups is 7. The molecule has 9 N–H and O–H groups in total. The molecule has 192 valence electrons. The van der Waals surface area contributed by atoms with Crippen LogP contribution in [0, 0.1) is 5.21 Å². The highest BCUT2D eigenvalue weighted by molar-refractivity contribution is 5.89. The zero-order chi connectivity index (χ0) is 25.2. The summed E-state index contributed by atoms with van der Waals surface area (Å²) in [6.45, 7) is -2.41. The number of hydrogen-bond acceptors (Lipinski definition) is 14. The van der Waals surface area contributed by atoms with Crippen molar-refractivity contribution in [3.63, 3.8) is 0 Å². The van der Waals surface area contributed by atoms with Crippen LogP contribution in [0.5, 0.6) is 0 Å². The van der Waals surface area contributed by atoms with Gasteiger partial charge in [0.1, 0.15) is 55.9 Å². The molecule has 0 saturated carbocycles. The SMILES string of the molecule is O=C(OCC1OC(OC2(CO)OC(CO)C(O)C2O)C(O)C(O)C1O)c1ccc([NH+]([O-])O)cc1. The summed E-state index contributed by atoms with van der Waals surface area (Å²) < 4.78 is 21.0. The van der Waals surface area contributed by atoms with E-state index in [2.05, 4.69) is 0 Å². The van der Waals surface area contributed by atoms with Gasteiger partial charge in [-0.25, -0.2) is 10.0 Å². The quantitative estimate of drug-likeness (QED) is 0.121. The molecule has 15 heteroatoms. The molecule has 2 saturated heterocycles. The van der Waals surface area contributed by atoms with Crippen LogP contribution in [0.15, 0.2) is 24.3 Å². The molecule has 1 aromatic rings. The number of aliphatic hydroxyl groups excluding tert-OH is 7. The van der Waals surface area contributed by atoms with Gasteiger partial charge in [-0.3, -0.25) is 0 Å². The van der Waals surface area contributed by atoms with E-state index in [-0.39, 0.29) is 11.3 Å². The average Bonchev–Trinajstić information content (AvgIpc) is 3.08. The van der Waals surface area contributed by atoms with Crippen molar-refractivity contribution < 1.29 is 69.9 Å². The molecular formula is C19H27NO14. The lowest BCUT2D eigenvalue weighted by molar-refractivity contribution is -0.991. The van der Waals surface area contributed by atoms with Gasteiger partial charge in [0.25, 0.3) is 0 Å². The Morgan fingerprint density at radius 3 is 2.18 bits per heavy atom. The fraction of sp³-hybridized carbons (Fsp3) is 0.632. The van der Waals surface area contributed by atoms with E-state index in [1.54, 1.807) is 0 Å². The normalized spacial score (nSPS) is 39.1. The Hall–Kier alpha value is -1.83. The average molecular weight is 493 g/mol. The summed E-state index contributed by atoms with van der Waals surface area (Å²) in [5, 5.41) is 88.4. The molecular weight excluding hydrogens is 466 g/mol. The van der Waals surface area contributed by atoms with Crippen LogP contribution >= 0.6 is 0 Å². The molecule has 1 aromatic carbocycles. The summed E-state index contributed by atoms with van der Waals surface area (Å²) in [6.07, 6.45) is -13.7. The molecule has 10 unspecified atom stereocenters. The molecule has 0 aliphatic carbocycles. The van der Waals surface area contributed by atoms with Crippen molar-refractivity contribution in [2.75, 3.05) is 19.8 Å². The Morgan fingerprint density at radius 1 is 1.00 bits per heavy atom. The second-order valence-electron chi connectivity index (χ2n) is 7.86. The summed E-state index contributed by atoms with van der Waals surface area (Å²) >= 11 is 0. The van der Waals surface area contributed by atoms with Crippen molar-refractivity contribution >= 4 is 11.7 Å². The lowest BCUT2D eigenvalue weighted by Crippen LogP contribution is -2.99. The van der Waals surface area contributed by atoms with Gasteiger partial charge in [0.2, 0.25) is 5.79 Å². The molecule has 0 bridgehead atoms. The lowest BCUT2D eigenvalue weighted by atomic mass is 9.99. The number of hydrogen-bond donors (Lipinski definition) is 9. The van der Waals surface area contributed by atoms with Gasteiger partial charge in [-0.1, -0.05) is 0 Å². The number of rotatable bonds is 8. The van der Waals surface area contributed by atoms with Gasteiger partial charge in [0, 0.05) is 12.1 Å². The summed E-state index contributed by atoms with van der Waals surface area (Å²) in [5.41, 5.74) is -0.0585. The molecule has 15 nitrogen and oxygen atoms in total. The maximum Gasteiger partial charge on any atom is 0.338 e. The lowest BCUT2D eigenvalue weighted by Gasteiger charge is -2.43. The predicted octanol–water partition coefficient (Wildman–Crippen LogP) is -5.13. The van der Waals surface area contributed by atoms with Crippen molar-refractivity contribution in [3.05, 3.63) is 35.0 Å². The molecule has 2 aliphatic heterocycles. The Bertz CT molecular complexity index is 824. The van der Waals surface area contributed by atoms with E-state index in [1.807, 2.05) is 0 Å². The van der Waals surface area contributed by atoms with Crippen LogP contribution in [-0.4, -0.2) is 122 Å². The van der Waals surface area contributed by atoms with E-state index < -0.39 is 85.8 Å². The number of carbonyl (C=O) groups is 1. The zero-order valence-electron chi connectivity index (χ0n) is 17.6. The largest absolute Gasteiger partial charge is 0.595 e. The van der Waals surface area contributed by atoms with Crippen molar-refractivity contribution in [2.24, 2.45) is 0 Å². The fourth-order valence-electron chi connectivity index (χ4n) is 3.61. The van der Waals surface area contributed by atoms with E-state index in [0.29, 0.717) is 0 Å². The van der Waals surface area contributed by atoms with E-state index in [1.165, 1.54) is 24.3 Å². The Morgan fingerprint density at radius 2 is 1.65 bits per heavy atom. The van der Waals surface area contributed by atoms with Crippen molar-refractivity contribution in [2.45, 2.75) is 54.8 Å². The summed E-state index contributed by atoms with van der Waals surface area (Å²) in [7, 11) is 0. The first-order valence-corrected chi connectivity index (χ1v) is 10.2. The first-order valence-electron chi connectivity index (χ1n) is 10.2. The molecule has 0 spiro atoms. The van der Waals surface area contributed by atoms with Crippen molar-refractivity contribution in [1.82, 2.24) is 0 Å². The third-order valence-corrected chi connectivity index (χ3v) is 5.64. The van der Waals surface area contributed by atoms with Crippen LogP contribution < -0.4 is 5.23 Å². The standard InChI is InChI=1S/C19H27NO14/c21-5-10-13(24)16(27)19(7-22,33-10)34-18-15(26)14(25)12(23)11(32-18)6-31-17(28)8-1-3-9(4-2-8)20(29)30/h1-4,10-16,18,20-27,29H,5-7H2. The predicted molar refractivity (Wildman–Crippen MR) is 104 cm³/mol. The molecule has 0 amide bonds. The van der Waals surface area contributed by atoms with Crippen LogP contribution in [0.2, 0.25) is 0 Å². The number of nitrogens with one attached hydrogen (secondary N) is 1. The van der Waals surface area contributed by atoms with Gasteiger partial charge in [-0.05, 0) is 12.1 Å². The van der Waals surface area contributed by atoms with Crippen LogP contribution in [-0.2, 0) is 18.9 Å². The minimum Gasteiger partial charge on any atom is -0.595 e. The highest BCUT2D eigenvalue weighted by atomic mass is 16.8. The molecule has 10 atom stereocenters. The van der Waals surface area contributed by atoms with Crippen molar-refractivity contribution in [1.29, 1.82) is 0 Å². The molecule has 34 heavy (non-hydrogen) atoms. The monoisotopic (exact) mass is 493 g/mol. The smallest absolute Gasteiger partial charge is 0.338 e. The van der Waals surface area contributed by atoms with Gasteiger partial charge in [0.15, 0.2) is 12.0 Å². The molecule has 3 rings (SSSR count). The van der Waals surface area contributed by atoms with Crippen LogP contribution in [0.1, 0.15) is 10.4 Å². The molecule has 2 heterocycles. The fourth-order valence-corrected chi connectivity index (χ4v) is 3.61. The van der Waals surface area contributed by atoms with Gasteiger partial charge in [-0.15, -0.1) is 0 Å². The second-order valence-corrected chi connectivity index (χ2v) is 7.86. The summed E-state index contributed by atoms with van der Waals surface area (Å²) in [5.74, 6) is -3.24. The van der Waals surface area contributed by atoms with Gasteiger partial charge < -0.3 is 59.9 Å². The molecule has 0 radical (unpaired) electrons. The minimum atomic E-state index is -2.34. The first-order chi connectivity index (χ1) is 16.0. The van der Waals surface area contributed by atoms with Crippen LogP contribution in [0.4, 0.5) is 5.69 Å². The Balaban J connectivity index is 1.68. The van der Waals surface area contributed by atoms with E-state index in [4.69, 9.17) is 24.2 Å². The Kier molecular flexibility index (Phi) is 8.53. The van der Waals surface area contributed by atoms with E-state index >= 15 is 0 Å². The van der Waals surface area contributed by atoms with Crippen LogP contribution in [0.25, 0.3) is 0 Å². The topological polar surface area (TPSA) is 243 Å². The first kappa shape index (κ1) is 26.8. The summed E-state index contributed by atoms with van der Waals surface area (Å²) in [6, 6.07) is 4.79. The second kappa shape index (κ2) is 10.8. The third-order valence-electron chi connectivity index (χ3n) is 5.64. The maximum absolute atomic E-state index is 12.2. The number of esters is 1. The van der Waals surface area contributed by atoms with Gasteiger partial charge in [0.05, 0.1) is 12.2 Å².